The third-order valence-corrected chi connectivity index (χ3v) is 3.34. The number of benzene rings is 1. The molecule has 0 aromatic heterocycles. The molecule has 0 amide bonds. The maximum atomic E-state index is 5.96. The number of hydrogen-bond donors (Lipinski definition) is 1. The number of anilines is 1. The zero-order chi connectivity index (χ0) is 13.0. The van der Waals surface area contributed by atoms with Crippen LogP contribution in [0.2, 0.25) is 0 Å². The average molecular weight is 248 g/mol. The largest absolute Gasteiger partial charge is 0.380 e. The third-order valence-electron chi connectivity index (χ3n) is 3.34. The van der Waals surface area contributed by atoms with E-state index in [1.165, 1.54) is 16.8 Å². The molecule has 0 radical (unpaired) electrons. The zero-order valence-electron chi connectivity index (χ0n) is 11.5. The lowest BCUT2D eigenvalue weighted by Gasteiger charge is -2.26. The van der Waals surface area contributed by atoms with E-state index in [0.717, 1.165) is 39.1 Å². The summed E-state index contributed by atoms with van der Waals surface area (Å²) in [6.45, 7) is 7.97. The van der Waals surface area contributed by atoms with Gasteiger partial charge in [-0.25, -0.2) is 0 Å². The molecular formula is C15H24N2O. The average Bonchev–Trinajstić information content (AvgIpc) is 2.57. The van der Waals surface area contributed by atoms with Crippen LogP contribution in [0.5, 0.6) is 0 Å². The van der Waals surface area contributed by atoms with Crippen molar-refractivity contribution in [3.05, 3.63) is 29.3 Å². The predicted octanol–water partition coefficient (Wildman–Crippen LogP) is 2.11. The molecule has 0 aliphatic carbocycles. The summed E-state index contributed by atoms with van der Waals surface area (Å²) in [7, 11) is 0. The van der Waals surface area contributed by atoms with Crippen LogP contribution in [0.15, 0.2) is 18.2 Å². The Morgan fingerprint density at radius 3 is 2.94 bits per heavy atom. The van der Waals surface area contributed by atoms with Gasteiger partial charge in [-0.2, -0.15) is 0 Å². The van der Waals surface area contributed by atoms with Crippen LogP contribution in [0.25, 0.3) is 0 Å². The fourth-order valence-corrected chi connectivity index (χ4v) is 2.52. The first-order valence-corrected chi connectivity index (χ1v) is 6.84. The van der Waals surface area contributed by atoms with Crippen molar-refractivity contribution >= 4 is 5.69 Å². The number of ether oxygens (including phenoxy) is 1. The second kappa shape index (κ2) is 6.21. The topological polar surface area (TPSA) is 38.5 Å². The van der Waals surface area contributed by atoms with E-state index in [-0.39, 0.29) is 6.04 Å². The monoisotopic (exact) mass is 248 g/mol. The highest BCUT2D eigenvalue weighted by atomic mass is 16.5. The highest BCUT2D eigenvalue weighted by Gasteiger charge is 2.14. The summed E-state index contributed by atoms with van der Waals surface area (Å²) in [5.41, 5.74) is 9.97. The molecule has 100 valence electrons. The number of nitrogens with zero attached hydrogens (tertiary/aromatic N) is 1. The van der Waals surface area contributed by atoms with E-state index in [1.807, 2.05) is 0 Å². The maximum Gasteiger partial charge on any atom is 0.0641 e. The Labute approximate surface area is 110 Å². The lowest BCUT2D eigenvalue weighted by atomic mass is 10.0. The summed E-state index contributed by atoms with van der Waals surface area (Å²) in [5.74, 6) is 0. The summed E-state index contributed by atoms with van der Waals surface area (Å²) in [6, 6.07) is 6.89. The van der Waals surface area contributed by atoms with E-state index >= 15 is 0 Å². The van der Waals surface area contributed by atoms with Crippen LogP contribution in [0, 0.1) is 6.92 Å². The molecule has 1 aliphatic rings. The molecule has 1 atom stereocenters. The van der Waals surface area contributed by atoms with Gasteiger partial charge in [0.05, 0.1) is 6.61 Å². The minimum atomic E-state index is 0.203. The van der Waals surface area contributed by atoms with Crippen LogP contribution in [0.1, 0.15) is 24.5 Å². The molecule has 1 aromatic carbocycles. The summed E-state index contributed by atoms with van der Waals surface area (Å²) in [6.07, 6.45) is 2.04. The van der Waals surface area contributed by atoms with Crippen molar-refractivity contribution in [1.29, 1.82) is 0 Å². The second-order valence-corrected chi connectivity index (χ2v) is 5.27. The van der Waals surface area contributed by atoms with Crippen LogP contribution < -0.4 is 10.6 Å². The van der Waals surface area contributed by atoms with Crippen molar-refractivity contribution < 1.29 is 4.74 Å². The minimum absolute atomic E-state index is 0.203. The van der Waals surface area contributed by atoms with Gasteiger partial charge < -0.3 is 15.4 Å². The van der Waals surface area contributed by atoms with Gasteiger partial charge in [0, 0.05) is 31.4 Å². The van der Waals surface area contributed by atoms with Crippen LogP contribution >= 0.6 is 0 Å². The van der Waals surface area contributed by atoms with Gasteiger partial charge in [0.15, 0.2) is 0 Å². The van der Waals surface area contributed by atoms with E-state index in [4.69, 9.17) is 10.5 Å². The molecule has 2 rings (SSSR count). The Morgan fingerprint density at radius 1 is 1.33 bits per heavy atom. The van der Waals surface area contributed by atoms with E-state index in [1.54, 1.807) is 0 Å². The van der Waals surface area contributed by atoms with E-state index in [2.05, 4.69) is 36.9 Å². The first-order chi connectivity index (χ1) is 8.66. The number of rotatable bonds is 3. The van der Waals surface area contributed by atoms with E-state index in [0.29, 0.717) is 0 Å². The van der Waals surface area contributed by atoms with Gasteiger partial charge in [0.25, 0.3) is 0 Å². The summed E-state index contributed by atoms with van der Waals surface area (Å²) in [5, 5.41) is 0. The van der Waals surface area contributed by atoms with Crippen molar-refractivity contribution in [1.82, 2.24) is 0 Å². The molecule has 3 nitrogen and oxygen atoms in total. The number of nitrogens with two attached hydrogens (primary N) is 1. The highest BCUT2D eigenvalue weighted by molar-refractivity contribution is 5.55. The van der Waals surface area contributed by atoms with Crippen molar-refractivity contribution in [2.75, 3.05) is 31.2 Å². The van der Waals surface area contributed by atoms with Gasteiger partial charge in [0.2, 0.25) is 0 Å². The van der Waals surface area contributed by atoms with Gasteiger partial charge in [-0.1, -0.05) is 17.7 Å². The lowest BCUT2D eigenvalue weighted by molar-refractivity contribution is 0.152. The Hall–Kier alpha value is -1.06. The van der Waals surface area contributed by atoms with Crippen LogP contribution in [0.4, 0.5) is 5.69 Å². The highest BCUT2D eigenvalue weighted by Crippen LogP contribution is 2.24. The first-order valence-electron chi connectivity index (χ1n) is 6.84. The normalized spacial score (nSPS) is 18.5. The molecule has 0 bridgehead atoms. The lowest BCUT2D eigenvalue weighted by Crippen LogP contribution is -2.28. The molecule has 18 heavy (non-hydrogen) atoms. The van der Waals surface area contributed by atoms with Crippen LogP contribution in [0.3, 0.4) is 0 Å². The molecule has 1 saturated heterocycles. The first kappa shape index (κ1) is 13.4. The molecule has 1 aliphatic heterocycles. The van der Waals surface area contributed by atoms with Gasteiger partial charge in [-0.05, 0) is 38.3 Å². The van der Waals surface area contributed by atoms with Crippen molar-refractivity contribution in [2.24, 2.45) is 5.73 Å². The second-order valence-electron chi connectivity index (χ2n) is 5.27. The van der Waals surface area contributed by atoms with Crippen LogP contribution in [-0.2, 0) is 11.2 Å². The summed E-state index contributed by atoms with van der Waals surface area (Å²) in [4.78, 5) is 2.43. The van der Waals surface area contributed by atoms with Crippen molar-refractivity contribution in [3.63, 3.8) is 0 Å². The smallest absolute Gasteiger partial charge is 0.0641 e. The molecule has 2 N–H and O–H groups in total. The van der Waals surface area contributed by atoms with Gasteiger partial charge >= 0.3 is 0 Å². The third kappa shape index (κ3) is 3.47. The molecule has 1 fully saturated rings. The number of aryl methyl sites for hydroxylation is 1. The zero-order valence-corrected chi connectivity index (χ0v) is 11.5. The van der Waals surface area contributed by atoms with Crippen molar-refractivity contribution in [3.8, 4) is 0 Å². The predicted molar refractivity (Wildman–Crippen MR) is 76.2 cm³/mol. The minimum Gasteiger partial charge on any atom is -0.380 e. The maximum absolute atomic E-state index is 5.96. The standard InChI is InChI=1S/C15H24N2O/c1-12-4-5-15(14(10-12)11-13(2)16)17-6-3-8-18-9-7-17/h4-5,10,13H,3,6-9,11,16H2,1-2H3. The fourth-order valence-electron chi connectivity index (χ4n) is 2.52. The molecule has 3 heteroatoms. The Bertz CT molecular complexity index is 382. The van der Waals surface area contributed by atoms with E-state index in [9.17, 15) is 0 Å². The van der Waals surface area contributed by atoms with Crippen molar-refractivity contribution in [2.45, 2.75) is 32.7 Å². The fraction of sp³-hybridized carbons (Fsp3) is 0.600. The SMILES string of the molecule is Cc1ccc(N2CCCOCC2)c(CC(C)N)c1. The molecule has 0 spiro atoms. The quantitative estimate of drug-likeness (QED) is 0.890. The molecule has 0 saturated carbocycles. The molecule has 1 heterocycles. The Balaban J connectivity index is 2.23. The summed E-state index contributed by atoms with van der Waals surface area (Å²) < 4.78 is 5.52. The summed E-state index contributed by atoms with van der Waals surface area (Å²) >= 11 is 0. The molecule has 1 unspecified atom stereocenters. The van der Waals surface area contributed by atoms with Gasteiger partial charge in [-0.15, -0.1) is 0 Å². The molecular weight excluding hydrogens is 224 g/mol. The van der Waals surface area contributed by atoms with Gasteiger partial charge in [-0.3, -0.25) is 0 Å². The van der Waals surface area contributed by atoms with E-state index < -0.39 is 0 Å². The molecule has 1 aromatic rings. The van der Waals surface area contributed by atoms with Crippen LogP contribution in [-0.4, -0.2) is 32.3 Å². The van der Waals surface area contributed by atoms with Gasteiger partial charge in [0.1, 0.15) is 0 Å². The Kier molecular flexibility index (Phi) is 4.61. The Morgan fingerprint density at radius 2 is 2.17 bits per heavy atom. The number of hydrogen-bond acceptors (Lipinski definition) is 3.